The lowest BCUT2D eigenvalue weighted by molar-refractivity contribution is 0.0949. The van der Waals surface area contributed by atoms with Gasteiger partial charge in [0.05, 0.1) is 26.4 Å². The number of nitrogens with one attached hydrogen (secondary N) is 1. The molecule has 0 saturated carbocycles. The quantitative estimate of drug-likeness (QED) is 0.472. The number of nitrogens with zero attached hydrogens (tertiary/aromatic N) is 6. The molecule has 0 unspecified atom stereocenters. The fourth-order valence-electron chi connectivity index (χ4n) is 3.21. The summed E-state index contributed by atoms with van der Waals surface area (Å²) in [6, 6.07) is 5.93. The van der Waals surface area contributed by atoms with E-state index in [1.807, 2.05) is 0 Å². The van der Waals surface area contributed by atoms with Gasteiger partial charge in [0.1, 0.15) is 23.1 Å². The lowest BCUT2D eigenvalue weighted by Gasteiger charge is -2.07. The van der Waals surface area contributed by atoms with Crippen molar-refractivity contribution in [2.24, 2.45) is 7.05 Å². The molecular weight excluding hydrogens is 405 g/mol. The van der Waals surface area contributed by atoms with Gasteiger partial charge in [-0.25, -0.2) is 14.1 Å². The Morgan fingerprint density at radius 2 is 2.03 bits per heavy atom. The van der Waals surface area contributed by atoms with Crippen molar-refractivity contribution < 1.29 is 13.9 Å². The summed E-state index contributed by atoms with van der Waals surface area (Å²) in [6.07, 6.45) is 4.46. The van der Waals surface area contributed by atoms with Crippen molar-refractivity contribution in [3.63, 3.8) is 0 Å². The lowest BCUT2D eigenvalue weighted by Crippen LogP contribution is -2.28. The van der Waals surface area contributed by atoms with E-state index in [0.717, 1.165) is 5.56 Å². The highest BCUT2D eigenvalue weighted by atomic mass is 19.1. The first-order valence-corrected chi connectivity index (χ1v) is 9.47. The van der Waals surface area contributed by atoms with Crippen LogP contribution in [0, 0.1) is 5.82 Å². The first-order chi connectivity index (χ1) is 15.0. The van der Waals surface area contributed by atoms with Crippen molar-refractivity contribution in [3.8, 4) is 5.88 Å². The number of halogens is 1. The fourth-order valence-corrected chi connectivity index (χ4v) is 3.21. The van der Waals surface area contributed by atoms with Crippen molar-refractivity contribution >= 4 is 16.9 Å². The molecule has 0 spiro atoms. The van der Waals surface area contributed by atoms with E-state index in [-0.39, 0.29) is 36.3 Å². The summed E-state index contributed by atoms with van der Waals surface area (Å²) in [4.78, 5) is 29.5. The molecule has 4 aromatic rings. The molecule has 160 valence electrons. The molecule has 31 heavy (non-hydrogen) atoms. The first-order valence-electron chi connectivity index (χ1n) is 9.47. The molecule has 0 aliphatic rings. The predicted molar refractivity (Wildman–Crippen MR) is 109 cm³/mol. The molecule has 10 nitrogen and oxygen atoms in total. The zero-order valence-electron chi connectivity index (χ0n) is 16.9. The summed E-state index contributed by atoms with van der Waals surface area (Å²) in [5.74, 6) is -0.413. The van der Waals surface area contributed by atoms with Crippen LogP contribution in [0.2, 0.25) is 0 Å². The zero-order valence-corrected chi connectivity index (χ0v) is 16.9. The fraction of sp³-hybridized carbons (Fsp3) is 0.250. The number of carbonyl (C=O) groups excluding carboxylic acids is 1. The summed E-state index contributed by atoms with van der Waals surface area (Å²) < 4.78 is 22.7. The van der Waals surface area contributed by atoms with Gasteiger partial charge in [-0.2, -0.15) is 5.10 Å². The topological polar surface area (TPSA) is 109 Å². The molecule has 0 atom stereocenters. The van der Waals surface area contributed by atoms with Crippen molar-refractivity contribution in [2.75, 3.05) is 13.7 Å². The number of hydrogen-bond acceptors (Lipinski definition) is 6. The average Bonchev–Trinajstić information content (AvgIpc) is 3.35. The molecule has 1 N–H and O–H groups in total. The molecule has 11 heteroatoms. The maximum Gasteiger partial charge on any atom is 0.264 e. The van der Waals surface area contributed by atoms with Crippen LogP contribution in [-0.4, -0.2) is 48.7 Å². The third-order valence-electron chi connectivity index (χ3n) is 4.73. The maximum atomic E-state index is 13.1. The highest BCUT2D eigenvalue weighted by molar-refractivity contribution is 5.96. The second-order valence-electron chi connectivity index (χ2n) is 6.89. The van der Waals surface area contributed by atoms with Crippen LogP contribution in [0.3, 0.4) is 0 Å². The van der Waals surface area contributed by atoms with Crippen LogP contribution in [0.25, 0.3) is 11.0 Å². The van der Waals surface area contributed by atoms with Crippen molar-refractivity contribution in [2.45, 2.75) is 13.1 Å². The number of hydrogen-bond donors (Lipinski definition) is 1. The Balaban J connectivity index is 1.45. The van der Waals surface area contributed by atoms with Gasteiger partial charge in [-0.05, 0) is 17.7 Å². The second kappa shape index (κ2) is 8.38. The molecule has 4 rings (SSSR count). The van der Waals surface area contributed by atoms with Gasteiger partial charge in [-0.15, -0.1) is 5.10 Å². The van der Waals surface area contributed by atoms with E-state index in [1.165, 1.54) is 41.0 Å². The number of ether oxygens (including phenoxy) is 1. The smallest absolute Gasteiger partial charge is 0.264 e. The highest BCUT2D eigenvalue weighted by Gasteiger charge is 2.16. The summed E-state index contributed by atoms with van der Waals surface area (Å²) in [5.41, 5.74) is 1.29. The van der Waals surface area contributed by atoms with Crippen LogP contribution in [0.4, 0.5) is 4.39 Å². The van der Waals surface area contributed by atoms with Crippen LogP contribution >= 0.6 is 0 Å². The minimum atomic E-state index is -0.333. The third-order valence-corrected chi connectivity index (χ3v) is 4.73. The van der Waals surface area contributed by atoms with E-state index >= 15 is 0 Å². The van der Waals surface area contributed by atoms with Crippen molar-refractivity contribution in [1.29, 1.82) is 0 Å². The summed E-state index contributed by atoms with van der Waals surface area (Å²) in [5, 5.41) is 11.4. The molecule has 0 aliphatic carbocycles. The van der Waals surface area contributed by atoms with Gasteiger partial charge in [-0.3, -0.25) is 18.8 Å². The summed E-state index contributed by atoms with van der Waals surface area (Å²) in [7, 11) is 3.15. The minimum absolute atomic E-state index is 0.243. The van der Waals surface area contributed by atoms with Gasteiger partial charge >= 0.3 is 0 Å². The Labute approximate surface area is 175 Å². The largest absolute Gasteiger partial charge is 0.479 e. The molecule has 0 bridgehead atoms. The standard InChI is InChI=1S/C20H20FN7O3/c1-26-11-16(19(25-26)31-2)18(29)22-7-8-28-17-15(9-24-28)20(30)27(12-23-17)10-13-3-5-14(21)6-4-13/h3-6,9,11-12H,7-8,10H2,1-2H3,(H,22,29). The zero-order chi connectivity index (χ0) is 22.0. The number of fused-ring (bicyclic) bond motifs is 1. The maximum absolute atomic E-state index is 13.1. The van der Waals surface area contributed by atoms with Crippen LogP contribution in [-0.2, 0) is 20.1 Å². The Kier molecular flexibility index (Phi) is 5.48. The van der Waals surface area contributed by atoms with E-state index in [9.17, 15) is 14.0 Å². The molecule has 3 aromatic heterocycles. The molecule has 0 saturated heterocycles. The number of rotatable bonds is 7. The molecule has 1 aromatic carbocycles. The molecule has 0 aliphatic heterocycles. The van der Waals surface area contributed by atoms with Gasteiger partial charge in [-0.1, -0.05) is 12.1 Å². The van der Waals surface area contributed by atoms with Crippen molar-refractivity contribution in [3.05, 3.63) is 70.3 Å². The number of aryl methyl sites for hydroxylation is 1. The van der Waals surface area contributed by atoms with Crippen LogP contribution in [0.15, 0.2) is 47.8 Å². The van der Waals surface area contributed by atoms with E-state index < -0.39 is 0 Å². The van der Waals surface area contributed by atoms with Gasteiger partial charge in [0, 0.05) is 19.8 Å². The number of carbonyl (C=O) groups is 1. The van der Waals surface area contributed by atoms with Crippen LogP contribution in [0.5, 0.6) is 5.88 Å². The second-order valence-corrected chi connectivity index (χ2v) is 6.89. The first kappa shape index (κ1) is 20.3. The van der Waals surface area contributed by atoms with Crippen LogP contribution < -0.4 is 15.6 Å². The van der Waals surface area contributed by atoms with Gasteiger partial charge in [0.15, 0.2) is 5.65 Å². The highest BCUT2D eigenvalue weighted by Crippen LogP contribution is 2.14. The molecule has 3 heterocycles. The van der Waals surface area contributed by atoms with Gasteiger partial charge < -0.3 is 10.1 Å². The average molecular weight is 425 g/mol. The lowest BCUT2D eigenvalue weighted by atomic mass is 10.2. The molecular formula is C20H20FN7O3. The summed E-state index contributed by atoms with van der Waals surface area (Å²) in [6.45, 7) is 0.872. The molecule has 1 amide bonds. The summed E-state index contributed by atoms with van der Waals surface area (Å²) >= 11 is 0. The Bertz CT molecular complexity index is 1290. The number of benzene rings is 1. The van der Waals surface area contributed by atoms with E-state index in [2.05, 4.69) is 20.5 Å². The Morgan fingerprint density at radius 1 is 1.26 bits per heavy atom. The number of methoxy groups -OCH3 is 1. The van der Waals surface area contributed by atoms with Crippen LogP contribution in [0.1, 0.15) is 15.9 Å². The molecule has 0 radical (unpaired) electrons. The number of aromatic nitrogens is 6. The van der Waals surface area contributed by atoms with Crippen molar-refractivity contribution in [1.82, 2.24) is 34.4 Å². The Morgan fingerprint density at radius 3 is 2.77 bits per heavy atom. The van der Waals surface area contributed by atoms with E-state index in [0.29, 0.717) is 23.1 Å². The minimum Gasteiger partial charge on any atom is -0.479 e. The van der Waals surface area contributed by atoms with Gasteiger partial charge in [0.2, 0.25) is 5.88 Å². The normalized spacial score (nSPS) is 11.1. The molecule has 0 fully saturated rings. The SMILES string of the molecule is COc1nn(C)cc1C(=O)NCCn1ncc2c(=O)n(Cc3ccc(F)cc3)cnc21. The third kappa shape index (κ3) is 4.15. The van der Waals surface area contributed by atoms with Gasteiger partial charge in [0.25, 0.3) is 11.5 Å². The Hall–Kier alpha value is -4.02. The van der Waals surface area contributed by atoms with E-state index in [1.54, 1.807) is 30.1 Å². The van der Waals surface area contributed by atoms with E-state index in [4.69, 9.17) is 4.74 Å². The monoisotopic (exact) mass is 425 g/mol. The number of amides is 1. The predicted octanol–water partition coefficient (Wildman–Crippen LogP) is 0.952.